The summed E-state index contributed by atoms with van der Waals surface area (Å²) in [5, 5.41) is 5.49. The molecule has 0 aliphatic carbocycles. The van der Waals surface area contributed by atoms with Crippen molar-refractivity contribution < 1.29 is 18.7 Å². The van der Waals surface area contributed by atoms with Crippen LogP contribution in [0.4, 0.5) is 20.7 Å². The van der Waals surface area contributed by atoms with Crippen molar-refractivity contribution in [2.75, 3.05) is 23.3 Å². The first-order valence-electron chi connectivity index (χ1n) is 10.6. The minimum absolute atomic E-state index is 0.0683. The molecule has 0 spiro atoms. The highest BCUT2D eigenvalue weighted by Gasteiger charge is 2.27. The lowest BCUT2D eigenvalue weighted by atomic mass is 10.2. The molecule has 33 heavy (non-hydrogen) atoms. The Hall–Kier alpha value is -3.76. The smallest absolute Gasteiger partial charge is 0.407 e. The van der Waals surface area contributed by atoms with Crippen molar-refractivity contribution >= 4 is 29.2 Å². The van der Waals surface area contributed by atoms with Gasteiger partial charge in [0.1, 0.15) is 17.1 Å². The number of aromatic nitrogens is 4. The van der Waals surface area contributed by atoms with Crippen LogP contribution in [0.25, 0.3) is 5.65 Å². The van der Waals surface area contributed by atoms with E-state index in [4.69, 9.17) is 4.74 Å². The number of ether oxygens (including phenoxy) is 1. The van der Waals surface area contributed by atoms with Crippen LogP contribution in [0, 0.1) is 12.7 Å². The van der Waals surface area contributed by atoms with E-state index in [1.54, 1.807) is 19.3 Å². The van der Waals surface area contributed by atoms with Crippen LogP contribution in [0.3, 0.4) is 0 Å². The van der Waals surface area contributed by atoms with Gasteiger partial charge in [-0.25, -0.2) is 24.1 Å². The fraction of sp³-hybridized carbons (Fsp3) is 0.409. The summed E-state index contributed by atoms with van der Waals surface area (Å²) in [6, 6.07) is 1.14. The van der Waals surface area contributed by atoms with Crippen molar-refractivity contribution in [3.05, 3.63) is 48.1 Å². The van der Waals surface area contributed by atoms with Gasteiger partial charge in [-0.2, -0.15) is 0 Å². The summed E-state index contributed by atoms with van der Waals surface area (Å²) in [5.41, 5.74) is 0.691. The van der Waals surface area contributed by atoms with Gasteiger partial charge in [-0.05, 0) is 34.1 Å². The summed E-state index contributed by atoms with van der Waals surface area (Å²) < 4.78 is 21.0. The van der Waals surface area contributed by atoms with E-state index in [-0.39, 0.29) is 23.1 Å². The topological polar surface area (TPSA) is 114 Å². The third-order valence-corrected chi connectivity index (χ3v) is 4.99. The number of carbonyl (C=O) groups excluding carboxylic acids is 2. The molecule has 2 amide bonds. The molecule has 4 rings (SSSR count). The molecule has 0 radical (unpaired) electrons. The molecule has 10 nitrogen and oxygen atoms in total. The minimum Gasteiger partial charge on any atom is -0.444 e. The van der Waals surface area contributed by atoms with Gasteiger partial charge in [-0.3, -0.25) is 4.79 Å². The summed E-state index contributed by atoms with van der Waals surface area (Å²) in [4.78, 5) is 39.1. The lowest BCUT2D eigenvalue weighted by Gasteiger charge is -2.22. The first-order chi connectivity index (χ1) is 15.6. The predicted octanol–water partition coefficient (Wildman–Crippen LogP) is 2.93. The quantitative estimate of drug-likeness (QED) is 0.622. The van der Waals surface area contributed by atoms with Crippen molar-refractivity contribution in [3.8, 4) is 0 Å². The van der Waals surface area contributed by atoms with Gasteiger partial charge in [0.2, 0.25) is 0 Å². The molecular weight excluding hydrogens is 429 g/mol. The van der Waals surface area contributed by atoms with Gasteiger partial charge in [0.25, 0.3) is 5.91 Å². The number of alkyl carbamates (subject to hydrolysis) is 1. The summed E-state index contributed by atoms with van der Waals surface area (Å²) in [6.45, 7) is 8.45. The molecule has 0 saturated carbocycles. The lowest BCUT2D eigenvalue weighted by molar-refractivity contribution is 0.0509. The van der Waals surface area contributed by atoms with Crippen molar-refractivity contribution in [3.63, 3.8) is 0 Å². The minimum atomic E-state index is -0.556. The fourth-order valence-corrected chi connectivity index (χ4v) is 3.61. The maximum atomic E-state index is 14.2. The van der Waals surface area contributed by atoms with Crippen LogP contribution >= 0.6 is 0 Å². The third kappa shape index (κ3) is 5.36. The summed E-state index contributed by atoms with van der Waals surface area (Å²) in [6.07, 6.45) is 6.42. The highest BCUT2D eigenvalue weighted by atomic mass is 19.1. The highest BCUT2D eigenvalue weighted by Crippen LogP contribution is 2.19. The maximum Gasteiger partial charge on any atom is 0.407 e. The van der Waals surface area contributed by atoms with Crippen LogP contribution < -0.4 is 15.5 Å². The summed E-state index contributed by atoms with van der Waals surface area (Å²) in [7, 11) is 0. The number of amides is 2. The number of halogens is 1. The molecule has 1 atom stereocenters. The van der Waals surface area contributed by atoms with E-state index in [9.17, 15) is 14.0 Å². The van der Waals surface area contributed by atoms with E-state index in [1.807, 2.05) is 25.7 Å². The van der Waals surface area contributed by atoms with E-state index in [1.165, 1.54) is 22.9 Å². The zero-order chi connectivity index (χ0) is 23.8. The van der Waals surface area contributed by atoms with E-state index in [0.717, 1.165) is 6.42 Å². The Labute approximate surface area is 190 Å². The van der Waals surface area contributed by atoms with Crippen molar-refractivity contribution in [2.24, 2.45) is 0 Å². The second-order valence-corrected chi connectivity index (χ2v) is 8.98. The number of anilines is 2. The van der Waals surface area contributed by atoms with Crippen LogP contribution in [0.5, 0.6) is 0 Å². The second kappa shape index (κ2) is 8.64. The number of nitrogens with one attached hydrogen (secondary N) is 2. The number of hydrogen-bond acceptors (Lipinski definition) is 7. The monoisotopic (exact) mass is 455 g/mol. The number of imidazole rings is 1. The van der Waals surface area contributed by atoms with E-state index >= 15 is 0 Å². The van der Waals surface area contributed by atoms with Crippen LogP contribution in [0.1, 0.15) is 43.4 Å². The predicted molar refractivity (Wildman–Crippen MR) is 120 cm³/mol. The Balaban J connectivity index is 1.36. The molecule has 2 N–H and O–H groups in total. The first kappa shape index (κ1) is 22.4. The zero-order valence-corrected chi connectivity index (χ0v) is 18.9. The molecule has 3 aromatic rings. The third-order valence-electron chi connectivity index (χ3n) is 4.99. The number of fused-ring (bicyclic) bond motifs is 1. The normalized spacial score (nSPS) is 16.2. The van der Waals surface area contributed by atoms with Crippen molar-refractivity contribution in [1.29, 1.82) is 0 Å². The van der Waals surface area contributed by atoms with Gasteiger partial charge in [0.15, 0.2) is 11.5 Å². The average Bonchev–Trinajstić information content (AvgIpc) is 3.33. The molecule has 11 heteroatoms. The number of nitrogens with zero attached hydrogens (tertiary/aromatic N) is 5. The number of carbonyl (C=O) groups is 2. The Kier molecular flexibility index (Phi) is 5.88. The molecule has 4 heterocycles. The SMILES string of the molecule is Cc1cn2cc(NC(=O)c3cnc(N4CCC(NC(=O)OC(C)(C)C)C4)cn3)cc(F)c2n1. The van der Waals surface area contributed by atoms with Gasteiger partial charge in [0, 0.05) is 31.5 Å². The van der Waals surface area contributed by atoms with Gasteiger partial charge < -0.3 is 24.7 Å². The van der Waals surface area contributed by atoms with Crippen LogP contribution in [0.15, 0.2) is 30.9 Å². The Morgan fingerprint density at radius 2 is 2.00 bits per heavy atom. The van der Waals surface area contributed by atoms with Crippen LogP contribution in [-0.4, -0.2) is 56.1 Å². The van der Waals surface area contributed by atoms with Crippen LogP contribution in [0.2, 0.25) is 0 Å². The largest absolute Gasteiger partial charge is 0.444 e. The molecular formula is C22H26FN7O3. The van der Waals surface area contributed by atoms with E-state index in [2.05, 4.69) is 25.6 Å². The van der Waals surface area contributed by atoms with E-state index < -0.39 is 23.4 Å². The van der Waals surface area contributed by atoms with Gasteiger partial charge in [0.05, 0.1) is 29.8 Å². The maximum absolute atomic E-state index is 14.2. The van der Waals surface area contributed by atoms with Crippen molar-refractivity contribution in [2.45, 2.75) is 45.8 Å². The van der Waals surface area contributed by atoms with Crippen LogP contribution in [-0.2, 0) is 4.74 Å². The van der Waals surface area contributed by atoms with E-state index in [0.29, 0.717) is 24.6 Å². The summed E-state index contributed by atoms with van der Waals surface area (Å²) in [5.74, 6) is -0.442. The molecule has 0 bridgehead atoms. The molecule has 1 unspecified atom stereocenters. The second-order valence-electron chi connectivity index (χ2n) is 8.98. The Bertz CT molecular complexity index is 1190. The Morgan fingerprint density at radius 3 is 2.70 bits per heavy atom. The summed E-state index contributed by atoms with van der Waals surface area (Å²) >= 11 is 0. The lowest BCUT2D eigenvalue weighted by Crippen LogP contribution is -2.40. The number of rotatable bonds is 4. The fourth-order valence-electron chi connectivity index (χ4n) is 3.61. The molecule has 3 aromatic heterocycles. The molecule has 174 valence electrons. The molecule has 1 fully saturated rings. The molecule has 1 saturated heterocycles. The molecule has 0 aromatic carbocycles. The standard InChI is InChI=1S/C22H26FN7O3/c1-13-10-30-12-15(7-16(23)19(30)26-13)27-20(31)17-8-25-18(9-24-17)29-6-5-14(11-29)28-21(32)33-22(2,3)4/h7-10,12,14H,5-6,11H2,1-4H3,(H,27,31)(H,28,32). The number of hydrogen-bond donors (Lipinski definition) is 2. The highest BCUT2D eigenvalue weighted by molar-refractivity contribution is 6.02. The zero-order valence-electron chi connectivity index (χ0n) is 18.9. The molecule has 1 aliphatic heterocycles. The Morgan fingerprint density at radius 1 is 1.21 bits per heavy atom. The number of pyridine rings is 1. The molecule has 1 aliphatic rings. The number of aryl methyl sites for hydroxylation is 1. The van der Waals surface area contributed by atoms with Crippen molar-refractivity contribution in [1.82, 2.24) is 24.7 Å². The average molecular weight is 455 g/mol. The van der Waals surface area contributed by atoms with Gasteiger partial charge >= 0.3 is 6.09 Å². The van der Waals surface area contributed by atoms with Gasteiger partial charge in [-0.15, -0.1) is 0 Å². The van der Waals surface area contributed by atoms with Gasteiger partial charge in [-0.1, -0.05) is 0 Å². The first-order valence-corrected chi connectivity index (χ1v) is 10.6.